The van der Waals surface area contributed by atoms with E-state index in [-0.39, 0.29) is 11.9 Å². The third kappa shape index (κ3) is 4.53. The second-order valence-electron chi connectivity index (χ2n) is 8.55. The number of hydrazine groups is 1. The minimum atomic E-state index is -0.916. The maximum absolute atomic E-state index is 13.3. The lowest BCUT2D eigenvalue weighted by Crippen LogP contribution is -2.63. The highest BCUT2D eigenvalue weighted by atomic mass is 16.5. The molecular formula is C23H35N3O4. The van der Waals surface area contributed by atoms with Gasteiger partial charge in [-0.25, -0.2) is 14.8 Å². The fourth-order valence-electron chi connectivity index (χ4n) is 4.85. The molecule has 0 aromatic heterocycles. The summed E-state index contributed by atoms with van der Waals surface area (Å²) in [4.78, 5) is 27.8. The first-order valence-electron chi connectivity index (χ1n) is 10.8. The first kappa shape index (κ1) is 22.7. The van der Waals surface area contributed by atoms with E-state index in [0.29, 0.717) is 19.3 Å². The molecule has 0 atom stereocenters. The van der Waals surface area contributed by atoms with Crippen LogP contribution in [0.25, 0.3) is 0 Å². The van der Waals surface area contributed by atoms with Gasteiger partial charge in [0.15, 0.2) is 0 Å². The molecule has 2 aliphatic rings. The second-order valence-corrected chi connectivity index (χ2v) is 8.55. The van der Waals surface area contributed by atoms with Crippen LogP contribution in [-0.4, -0.2) is 85.9 Å². The Morgan fingerprint density at radius 3 is 2.10 bits per heavy atom. The van der Waals surface area contributed by atoms with Gasteiger partial charge in [-0.3, -0.25) is 4.79 Å². The molecule has 0 unspecified atom stereocenters. The first-order valence-corrected chi connectivity index (χ1v) is 10.8. The lowest BCUT2D eigenvalue weighted by Gasteiger charge is -2.48. The highest BCUT2D eigenvalue weighted by molar-refractivity contribution is 5.89. The zero-order valence-electron chi connectivity index (χ0n) is 19.0. The molecule has 0 spiro atoms. The van der Waals surface area contributed by atoms with Gasteiger partial charge in [0, 0.05) is 33.2 Å². The van der Waals surface area contributed by atoms with Crippen molar-refractivity contribution in [2.24, 2.45) is 0 Å². The van der Waals surface area contributed by atoms with Crippen molar-refractivity contribution in [3.05, 3.63) is 34.4 Å². The van der Waals surface area contributed by atoms with Crippen molar-refractivity contribution in [2.75, 3.05) is 53.6 Å². The van der Waals surface area contributed by atoms with Crippen molar-refractivity contribution < 1.29 is 19.1 Å². The minimum absolute atomic E-state index is 0.0460. The number of aryl methyl sites for hydroxylation is 3. The van der Waals surface area contributed by atoms with E-state index in [9.17, 15) is 9.59 Å². The molecule has 0 aliphatic carbocycles. The fraction of sp³-hybridized carbons (Fsp3) is 0.652. The van der Waals surface area contributed by atoms with Crippen molar-refractivity contribution in [3.63, 3.8) is 0 Å². The number of benzene rings is 1. The van der Waals surface area contributed by atoms with E-state index in [0.717, 1.165) is 56.1 Å². The minimum Gasteiger partial charge on any atom is -0.467 e. The molecule has 7 heteroatoms. The molecule has 2 saturated heterocycles. The molecule has 7 nitrogen and oxygen atoms in total. The third-order valence-electron chi connectivity index (χ3n) is 6.70. The summed E-state index contributed by atoms with van der Waals surface area (Å²) in [7, 11) is 3.16. The van der Waals surface area contributed by atoms with Gasteiger partial charge < -0.3 is 14.4 Å². The number of methoxy groups -OCH3 is 1. The summed E-state index contributed by atoms with van der Waals surface area (Å²) in [5.41, 5.74) is 3.55. The van der Waals surface area contributed by atoms with E-state index in [4.69, 9.17) is 9.47 Å². The van der Waals surface area contributed by atoms with Gasteiger partial charge in [0.2, 0.25) is 5.91 Å². The lowest BCUT2D eigenvalue weighted by molar-refractivity contribution is -0.170. The summed E-state index contributed by atoms with van der Waals surface area (Å²) in [5, 5.41) is 4.59. The summed E-state index contributed by atoms with van der Waals surface area (Å²) in [6, 6.07) is 4.21. The van der Waals surface area contributed by atoms with Crippen LogP contribution in [0.4, 0.5) is 0 Å². The lowest BCUT2D eigenvalue weighted by atomic mass is 9.85. The van der Waals surface area contributed by atoms with Gasteiger partial charge in [-0.1, -0.05) is 17.7 Å². The molecule has 1 amide bonds. The number of ether oxygens (including phenoxy) is 2. The predicted octanol–water partition coefficient (Wildman–Crippen LogP) is 1.87. The second kappa shape index (κ2) is 9.45. The number of rotatable bonds is 5. The van der Waals surface area contributed by atoms with E-state index in [2.05, 4.69) is 29.1 Å². The number of esters is 1. The highest BCUT2D eigenvalue weighted by Gasteiger charge is 2.48. The Kier molecular flexibility index (Phi) is 7.16. The zero-order valence-corrected chi connectivity index (χ0v) is 19.0. The standard InChI is InChI=1S/C23H35N3O4/c1-17-14-18(2)20(19(3)15-17)16-21(27)24(4)23(22(28)29-5)6-8-25(9-7-23)26-10-12-30-13-11-26/h14-15H,6-13,16H2,1-5H3. The van der Waals surface area contributed by atoms with Gasteiger partial charge in [0.25, 0.3) is 0 Å². The molecule has 1 aromatic carbocycles. The van der Waals surface area contributed by atoms with Crippen LogP contribution < -0.4 is 0 Å². The maximum atomic E-state index is 13.3. The Morgan fingerprint density at radius 1 is 1.03 bits per heavy atom. The molecule has 1 aromatic rings. The summed E-state index contributed by atoms with van der Waals surface area (Å²) in [6.45, 7) is 10.8. The number of nitrogens with zero attached hydrogens (tertiary/aromatic N) is 3. The summed E-state index contributed by atoms with van der Waals surface area (Å²) in [5.74, 6) is -0.368. The Bertz CT molecular complexity index is 758. The number of amides is 1. The monoisotopic (exact) mass is 417 g/mol. The maximum Gasteiger partial charge on any atom is 0.331 e. The van der Waals surface area contributed by atoms with Crippen molar-refractivity contribution in [1.29, 1.82) is 0 Å². The van der Waals surface area contributed by atoms with E-state index in [1.165, 1.54) is 12.7 Å². The Labute approximate surface area is 179 Å². The smallest absolute Gasteiger partial charge is 0.331 e. The van der Waals surface area contributed by atoms with E-state index >= 15 is 0 Å². The molecule has 166 valence electrons. The Morgan fingerprint density at radius 2 is 1.57 bits per heavy atom. The largest absolute Gasteiger partial charge is 0.467 e. The van der Waals surface area contributed by atoms with Crippen LogP contribution >= 0.6 is 0 Å². The zero-order chi connectivity index (χ0) is 21.9. The van der Waals surface area contributed by atoms with Crippen molar-refractivity contribution >= 4 is 11.9 Å². The number of carbonyl (C=O) groups excluding carboxylic acids is 2. The summed E-state index contributed by atoms with van der Waals surface area (Å²) < 4.78 is 10.6. The number of likely N-dealkylation sites (N-methyl/N-ethyl adjacent to an activating group) is 1. The average Bonchev–Trinajstić information content (AvgIpc) is 2.75. The summed E-state index contributed by atoms with van der Waals surface area (Å²) in [6.07, 6.45) is 1.41. The molecule has 30 heavy (non-hydrogen) atoms. The molecule has 0 saturated carbocycles. The van der Waals surface area contributed by atoms with Gasteiger partial charge in [0.1, 0.15) is 5.54 Å². The molecular weight excluding hydrogens is 382 g/mol. The van der Waals surface area contributed by atoms with Gasteiger partial charge in [0.05, 0.1) is 26.7 Å². The van der Waals surface area contributed by atoms with E-state index < -0.39 is 5.54 Å². The van der Waals surface area contributed by atoms with Crippen LogP contribution in [0.5, 0.6) is 0 Å². The Hall–Kier alpha value is -1.96. The van der Waals surface area contributed by atoms with Crippen molar-refractivity contribution in [2.45, 2.75) is 45.6 Å². The molecule has 0 N–H and O–H groups in total. The fourth-order valence-corrected chi connectivity index (χ4v) is 4.85. The summed E-state index contributed by atoms with van der Waals surface area (Å²) >= 11 is 0. The molecule has 3 rings (SSSR count). The SMILES string of the molecule is COC(=O)C1(N(C)C(=O)Cc2c(C)cc(C)cc2C)CCN(N2CCOCC2)CC1. The van der Waals surface area contributed by atoms with Crippen molar-refractivity contribution in [3.8, 4) is 0 Å². The van der Waals surface area contributed by atoms with E-state index in [1.54, 1.807) is 11.9 Å². The molecule has 0 radical (unpaired) electrons. The number of hydrogen-bond acceptors (Lipinski definition) is 6. The van der Waals surface area contributed by atoms with Crippen LogP contribution in [0.15, 0.2) is 12.1 Å². The third-order valence-corrected chi connectivity index (χ3v) is 6.70. The number of morpholine rings is 1. The highest BCUT2D eigenvalue weighted by Crippen LogP contribution is 2.31. The number of carbonyl (C=O) groups is 2. The normalized spacial score (nSPS) is 20.0. The molecule has 2 aliphatic heterocycles. The van der Waals surface area contributed by atoms with Crippen LogP contribution in [-0.2, 0) is 25.5 Å². The van der Waals surface area contributed by atoms with Crippen LogP contribution in [0, 0.1) is 20.8 Å². The van der Waals surface area contributed by atoms with Crippen LogP contribution in [0.2, 0.25) is 0 Å². The Balaban J connectivity index is 1.75. The molecule has 2 fully saturated rings. The molecule has 0 bridgehead atoms. The topological polar surface area (TPSA) is 62.3 Å². The molecule has 2 heterocycles. The van der Waals surface area contributed by atoms with Crippen LogP contribution in [0.1, 0.15) is 35.1 Å². The van der Waals surface area contributed by atoms with Crippen molar-refractivity contribution in [1.82, 2.24) is 14.9 Å². The number of piperidine rings is 1. The van der Waals surface area contributed by atoms with Gasteiger partial charge in [-0.2, -0.15) is 0 Å². The van der Waals surface area contributed by atoms with E-state index in [1.807, 2.05) is 13.8 Å². The first-order chi connectivity index (χ1) is 14.3. The number of hydrogen-bond donors (Lipinski definition) is 0. The van der Waals surface area contributed by atoms with Crippen LogP contribution in [0.3, 0.4) is 0 Å². The average molecular weight is 418 g/mol. The van der Waals surface area contributed by atoms with Gasteiger partial charge in [-0.15, -0.1) is 0 Å². The van der Waals surface area contributed by atoms with Gasteiger partial charge in [-0.05, 0) is 50.3 Å². The van der Waals surface area contributed by atoms with Gasteiger partial charge >= 0.3 is 5.97 Å². The quantitative estimate of drug-likeness (QED) is 0.682. The predicted molar refractivity (Wildman–Crippen MR) is 115 cm³/mol.